The lowest BCUT2D eigenvalue weighted by atomic mass is 10.1. The van der Waals surface area contributed by atoms with Crippen molar-refractivity contribution in [2.75, 3.05) is 0 Å². The molecular formula is C16H14BrF2NO. The van der Waals surface area contributed by atoms with Crippen molar-refractivity contribution in [1.29, 1.82) is 0 Å². The van der Waals surface area contributed by atoms with E-state index in [-0.39, 0.29) is 11.6 Å². The summed E-state index contributed by atoms with van der Waals surface area (Å²) in [5.41, 5.74) is 0.907. The topological polar surface area (TPSA) is 29.1 Å². The standard InChI is InChI=1S/C16H14BrF2NO/c1-10(8-11-2-4-12(17)5-3-11)20-16(21)14-7-6-13(18)9-15(14)19/h2-7,9-10H,8H2,1H3,(H,20,21)/t10-/m0/s1. The highest BCUT2D eigenvalue weighted by atomic mass is 79.9. The van der Waals surface area contributed by atoms with E-state index in [1.165, 1.54) is 0 Å². The smallest absolute Gasteiger partial charge is 0.254 e. The molecule has 2 aromatic rings. The van der Waals surface area contributed by atoms with E-state index in [2.05, 4.69) is 21.2 Å². The molecule has 21 heavy (non-hydrogen) atoms. The fraction of sp³-hybridized carbons (Fsp3) is 0.188. The van der Waals surface area contributed by atoms with E-state index in [9.17, 15) is 13.6 Å². The van der Waals surface area contributed by atoms with Crippen LogP contribution < -0.4 is 5.32 Å². The number of rotatable bonds is 4. The summed E-state index contributed by atoms with van der Waals surface area (Å²) in [5.74, 6) is -2.10. The highest BCUT2D eigenvalue weighted by Gasteiger charge is 2.15. The van der Waals surface area contributed by atoms with Crippen molar-refractivity contribution in [3.63, 3.8) is 0 Å². The Labute approximate surface area is 130 Å². The molecule has 0 bridgehead atoms. The molecule has 0 saturated carbocycles. The summed E-state index contributed by atoms with van der Waals surface area (Å²) in [6.07, 6.45) is 0.627. The van der Waals surface area contributed by atoms with E-state index >= 15 is 0 Å². The summed E-state index contributed by atoms with van der Waals surface area (Å²) in [4.78, 5) is 12.0. The fourth-order valence-corrected chi connectivity index (χ4v) is 2.26. The Balaban J connectivity index is 2.00. The molecule has 0 aromatic heterocycles. The molecule has 0 spiro atoms. The number of hydrogen-bond acceptors (Lipinski definition) is 1. The molecule has 110 valence electrons. The number of carbonyl (C=O) groups is 1. The lowest BCUT2D eigenvalue weighted by Gasteiger charge is -2.14. The first-order valence-corrected chi connectivity index (χ1v) is 7.25. The Bertz CT molecular complexity index is 643. The van der Waals surface area contributed by atoms with Crippen LogP contribution in [0, 0.1) is 11.6 Å². The van der Waals surface area contributed by atoms with Gasteiger partial charge < -0.3 is 5.32 Å². The lowest BCUT2D eigenvalue weighted by molar-refractivity contribution is 0.0936. The SMILES string of the molecule is C[C@@H](Cc1ccc(Br)cc1)NC(=O)c1ccc(F)cc1F. The van der Waals surface area contributed by atoms with Gasteiger partial charge >= 0.3 is 0 Å². The van der Waals surface area contributed by atoms with Crippen molar-refractivity contribution in [3.05, 3.63) is 69.7 Å². The minimum Gasteiger partial charge on any atom is -0.349 e. The number of benzene rings is 2. The van der Waals surface area contributed by atoms with Gasteiger partial charge in [-0.25, -0.2) is 8.78 Å². The van der Waals surface area contributed by atoms with Crippen molar-refractivity contribution in [2.24, 2.45) is 0 Å². The third-order valence-corrected chi connectivity index (χ3v) is 3.54. The molecule has 1 amide bonds. The van der Waals surface area contributed by atoms with Gasteiger partial charge in [0.2, 0.25) is 0 Å². The first-order chi connectivity index (χ1) is 9.95. The molecule has 0 heterocycles. The van der Waals surface area contributed by atoms with Crippen molar-refractivity contribution in [3.8, 4) is 0 Å². The quantitative estimate of drug-likeness (QED) is 0.881. The number of hydrogen-bond donors (Lipinski definition) is 1. The highest BCUT2D eigenvalue weighted by molar-refractivity contribution is 9.10. The molecular weight excluding hydrogens is 340 g/mol. The van der Waals surface area contributed by atoms with E-state index in [0.717, 1.165) is 22.2 Å². The Kier molecular flexibility index (Phi) is 5.07. The molecule has 0 fully saturated rings. The van der Waals surface area contributed by atoms with E-state index in [4.69, 9.17) is 0 Å². The van der Waals surface area contributed by atoms with Gasteiger partial charge in [-0.1, -0.05) is 28.1 Å². The first kappa shape index (κ1) is 15.6. The van der Waals surface area contributed by atoms with Gasteiger partial charge in [-0.2, -0.15) is 0 Å². The summed E-state index contributed by atoms with van der Waals surface area (Å²) in [6.45, 7) is 1.83. The Morgan fingerprint density at radius 3 is 2.48 bits per heavy atom. The second kappa shape index (κ2) is 6.80. The number of nitrogens with one attached hydrogen (secondary N) is 1. The molecule has 0 radical (unpaired) electrons. The summed E-state index contributed by atoms with van der Waals surface area (Å²) >= 11 is 3.35. The van der Waals surface area contributed by atoms with Crippen LogP contribution in [0.25, 0.3) is 0 Å². The van der Waals surface area contributed by atoms with E-state index in [0.29, 0.717) is 12.5 Å². The molecule has 2 aromatic carbocycles. The predicted octanol–water partition coefficient (Wildman–Crippen LogP) is 4.09. The maximum Gasteiger partial charge on any atom is 0.254 e. The molecule has 0 aliphatic carbocycles. The highest BCUT2D eigenvalue weighted by Crippen LogP contribution is 2.13. The van der Waals surface area contributed by atoms with Crippen molar-refractivity contribution in [1.82, 2.24) is 5.32 Å². The average molecular weight is 354 g/mol. The number of amides is 1. The van der Waals surface area contributed by atoms with E-state index in [1.807, 2.05) is 31.2 Å². The largest absolute Gasteiger partial charge is 0.349 e. The maximum atomic E-state index is 13.5. The third-order valence-electron chi connectivity index (χ3n) is 3.01. The molecule has 0 unspecified atom stereocenters. The summed E-state index contributed by atoms with van der Waals surface area (Å²) in [5, 5.41) is 2.71. The van der Waals surface area contributed by atoms with Crippen LogP contribution in [0.5, 0.6) is 0 Å². The monoisotopic (exact) mass is 353 g/mol. The fourth-order valence-electron chi connectivity index (χ4n) is 2.00. The number of carbonyl (C=O) groups excluding carboxylic acids is 1. The van der Waals surface area contributed by atoms with Crippen LogP contribution in [0.2, 0.25) is 0 Å². The van der Waals surface area contributed by atoms with Crippen LogP contribution in [0.3, 0.4) is 0 Å². The van der Waals surface area contributed by atoms with Crippen LogP contribution in [0.4, 0.5) is 8.78 Å². The normalized spacial score (nSPS) is 12.0. The minimum absolute atomic E-state index is 0.154. The molecule has 1 N–H and O–H groups in total. The van der Waals surface area contributed by atoms with E-state index < -0.39 is 17.5 Å². The Morgan fingerprint density at radius 1 is 1.19 bits per heavy atom. The zero-order chi connectivity index (χ0) is 15.4. The van der Waals surface area contributed by atoms with E-state index in [1.54, 1.807) is 0 Å². The molecule has 5 heteroatoms. The van der Waals surface area contributed by atoms with Crippen LogP contribution in [0.1, 0.15) is 22.8 Å². The van der Waals surface area contributed by atoms with Gasteiger partial charge in [-0.3, -0.25) is 4.79 Å². The zero-order valence-electron chi connectivity index (χ0n) is 11.4. The first-order valence-electron chi connectivity index (χ1n) is 6.46. The zero-order valence-corrected chi connectivity index (χ0v) is 13.0. The molecule has 2 nitrogen and oxygen atoms in total. The molecule has 1 atom stereocenters. The molecule has 0 aliphatic heterocycles. The Hall–Kier alpha value is -1.75. The average Bonchev–Trinajstić information content (AvgIpc) is 2.41. The lowest BCUT2D eigenvalue weighted by Crippen LogP contribution is -2.34. The molecule has 0 saturated heterocycles. The van der Waals surface area contributed by atoms with Gasteiger partial charge in [-0.05, 0) is 43.2 Å². The second-order valence-corrected chi connectivity index (χ2v) is 5.74. The summed E-state index contributed by atoms with van der Waals surface area (Å²) in [7, 11) is 0. The molecule has 0 aliphatic rings. The van der Waals surface area contributed by atoms with Crippen LogP contribution in [-0.4, -0.2) is 11.9 Å². The van der Waals surface area contributed by atoms with Crippen molar-refractivity contribution >= 4 is 21.8 Å². The van der Waals surface area contributed by atoms with Crippen LogP contribution in [0.15, 0.2) is 46.9 Å². The van der Waals surface area contributed by atoms with Gasteiger partial charge in [0.25, 0.3) is 5.91 Å². The third kappa shape index (κ3) is 4.36. The van der Waals surface area contributed by atoms with Crippen molar-refractivity contribution in [2.45, 2.75) is 19.4 Å². The molecule has 2 rings (SSSR count). The Morgan fingerprint density at radius 2 is 1.86 bits per heavy atom. The maximum absolute atomic E-state index is 13.5. The summed E-state index contributed by atoms with van der Waals surface area (Å²) < 4.78 is 27.3. The van der Waals surface area contributed by atoms with Gasteiger partial charge in [0.05, 0.1) is 5.56 Å². The van der Waals surface area contributed by atoms with Gasteiger partial charge in [0.15, 0.2) is 0 Å². The van der Waals surface area contributed by atoms with Crippen LogP contribution >= 0.6 is 15.9 Å². The second-order valence-electron chi connectivity index (χ2n) is 4.83. The van der Waals surface area contributed by atoms with Crippen LogP contribution in [-0.2, 0) is 6.42 Å². The predicted molar refractivity (Wildman–Crippen MR) is 81.1 cm³/mol. The van der Waals surface area contributed by atoms with Gasteiger partial charge in [0.1, 0.15) is 11.6 Å². The number of halogens is 3. The minimum atomic E-state index is -0.858. The van der Waals surface area contributed by atoms with Gasteiger partial charge in [-0.15, -0.1) is 0 Å². The van der Waals surface area contributed by atoms with Gasteiger partial charge in [0, 0.05) is 16.6 Å². The summed E-state index contributed by atoms with van der Waals surface area (Å²) in [6, 6.07) is 10.5. The van der Waals surface area contributed by atoms with Crippen molar-refractivity contribution < 1.29 is 13.6 Å².